The molecule has 1 aromatic heterocycles. The van der Waals surface area contributed by atoms with Crippen LogP contribution in [0.2, 0.25) is 5.02 Å². The van der Waals surface area contributed by atoms with Gasteiger partial charge in [0.1, 0.15) is 0 Å². The Hall–Kier alpha value is -4.00. The van der Waals surface area contributed by atoms with E-state index >= 15 is 0 Å². The van der Waals surface area contributed by atoms with Crippen molar-refractivity contribution >= 4 is 44.3 Å². The van der Waals surface area contributed by atoms with Crippen LogP contribution in [0.15, 0.2) is 60.7 Å². The van der Waals surface area contributed by atoms with Gasteiger partial charge in [0, 0.05) is 62.0 Å². The van der Waals surface area contributed by atoms with Gasteiger partial charge in [-0.1, -0.05) is 42.8 Å². The van der Waals surface area contributed by atoms with Gasteiger partial charge in [0.05, 0.1) is 38.1 Å². The number of aromatic nitrogens is 2. The van der Waals surface area contributed by atoms with Crippen molar-refractivity contribution in [3.05, 3.63) is 76.8 Å². The summed E-state index contributed by atoms with van der Waals surface area (Å²) in [5.74, 6) is 2.19. The minimum atomic E-state index is -3.13. The number of halogens is 1. The van der Waals surface area contributed by atoms with E-state index in [1.54, 1.807) is 24.0 Å². The van der Waals surface area contributed by atoms with Crippen LogP contribution in [0.5, 0.6) is 17.2 Å². The van der Waals surface area contributed by atoms with Crippen LogP contribution >= 0.6 is 11.6 Å². The zero-order chi connectivity index (χ0) is 35.8. The van der Waals surface area contributed by atoms with Crippen molar-refractivity contribution in [2.24, 2.45) is 0 Å². The molecule has 50 heavy (non-hydrogen) atoms. The number of anilines is 1. The van der Waals surface area contributed by atoms with Crippen LogP contribution < -0.4 is 19.1 Å². The molecule has 5 rings (SSSR count). The molecule has 1 amide bonds. The number of hydrogen-bond donors (Lipinski definition) is 0. The molecule has 1 saturated heterocycles. The molecule has 0 aliphatic carbocycles. The largest absolute Gasteiger partial charge is 0.493 e. The number of rotatable bonds is 15. The Morgan fingerprint density at radius 1 is 0.940 bits per heavy atom. The highest BCUT2D eigenvalue weighted by molar-refractivity contribution is 7.91. The second-order valence-corrected chi connectivity index (χ2v) is 15.5. The molecule has 2 heterocycles. The predicted molar refractivity (Wildman–Crippen MR) is 199 cm³/mol. The minimum absolute atomic E-state index is 0.0359. The Morgan fingerprint density at radius 3 is 2.36 bits per heavy atom. The first-order chi connectivity index (χ1) is 24.1. The zero-order valence-electron chi connectivity index (χ0n) is 29.6. The molecule has 13 heteroatoms. The first kappa shape index (κ1) is 37.3. The number of benzene rings is 3. The highest BCUT2D eigenvalue weighted by Crippen LogP contribution is 2.38. The molecule has 270 valence electrons. The van der Waals surface area contributed by atoms with Gasteiger partial charge < -0.3 is 33.5 Å². The average Bonchev–Trinajstić information content (AvgIpc) is 3.33. The maximum Gasteiger partial charge on any atom is 0.253 e. The van der Waals surface area contributed by atoms with Crippen LogP contribution in [0.4, 0.5) is 5.95 Å². The van der Waals surface area contributed by atoms with Crippen LogP contribution in [-0.2, 0) is 16.4 Å². The normalized spacial score (nSPS) is 14.7. The van der Waals surface area contributed by atoms with Crippen molar-refractivity contribution in [1.29, 1.82) is 0 Å². The van der Waals surface area contributed by atoms with Crippen LogP contribution in [0.3, 0.4) is 0 Å². The lowest BCUT2D eigenvalue weighted by Crippen LogP contribution is -2.35. The second kappa shape index (κ2) is 16.8. The van der Waals surface area contributed by atoms with Gasteiger partial charge in [0.15, 0.2) is 21.3 Å². The summed E-state index contributed by atoms with van der Waals surface area (Å²) < 4.78 is 43.3. The van der Waals surface area contributed by atoms with Crippen LogP contribution in [0.1, 0.15) is 41.6 Å². The van der Waals surface area contributed by atoms with E-state index in [0.29, 0.717) is 40.9 Å². The maximum atomic E-state index is 13.7. The SMILES string of the molecule is CCS(=O)(=O)CCn1c(N2CCCN(CCC(CN(C)C(=O)c3cc(OC)c(OC)c(OC)c3)c3cccc(Cl)c3)CC2)nc2ccccc21. The molecule has 0 N–H and O–H groups in total. The summed E-state index contributed by atoms with van der Waals surface area (Å²) in [4.78, 5) is 25.2. The predicted octanol–water partition coefficient (Wildman–Crippen LogP) is 5.61. The number of ether oxygens (including phenoxy) is 3. The van der Waals surface area contributed by atoms with E-state index in [0.717, 1.165) is 68.1 Å². The van der Waals surface area contributed by atoms with Crippen LogP contribution in [-0.4, -0.2) is 113 Å². The molecule has 1 fully saturated rings. The number of sulfone groups is 1. The first-order valence-corrected chi connectivity index (χ1v) is 19.2. The summed E-state index contributed by atoms with van der Waals surface area (Å²) in [6, 6.07) is 19.1. The molecule has 0 spiro atoms. The van der Waals surface area contributed by atoms with Gasteiger partial charge in [-0.15, -0.1) is 0 Å². The van der Waals surface area contributed by atoms with E-state index < -0.39 is 9.84 Å². The number of carbonyl (C=O) groups is 1. The summed E-state index contributed by atoms with van der Waals surface area (Å²) in [6.45, 7) is 6.73. The number of aryl methyl sites for hydroxylation is 1. The number of likely N-dealkylation sites (N-methyl/N-ethyl adjacent to an activating group) is 1. The molecule has 0 bridgehead atoms. The fourth-order valence-corrected chi connectivity index (χ4v) is 7.54. The average molecular weight is 726 g/mol. The summed E-state index contributed by atoms with van der Waals surface area (Å²) in [7, 11) is 3.27. The third-order valence-corrected chi connectivity index (χ3v) is 11.4. The molecule has 1 aliphatic heterocycles. The third kappa shape index (κ3) is 8.83. The van der Waals surface area contributed by atoms with Gasteiger partial charge in [-0.05, 0) is 67.9 Å². The van der Waals surface area contributed by atoms with Gasteiger partial charge in [0.25, 0.3) is 5.91 Å². The number of hydrogen-bond acceptors (Lipinski definition) is 9. The molecule has 11 nitrogen and oxygen atoms in total. The van der Waals surface area contributed by atoms with Crippen molar-refractivity contribution in [3.63, 3.8) is 0 Å². The van der Waals surface area contributed by atoms with Gasteiger partial charge in [-0.25, -0.2) is 13.4 Å². The summed E-state index contributed by atoms with van der Waals surface area (Å²) >= 11 is 6.44. The number of methoxy groups -OCH3 is 3. The molecule has 0 radical (unpaired) electrons. The fourth-order valence-electron chi connectivity index (χ4n) is 6.59. The van der Waals surface area contributed by atoms with Crippen LogP contribution in [0.25, 0.3) is 11.0 Å². The number of fused-ring (bicyclic) bond motifs is 1. The van der Waals surface area contributed by atoms with Crippen molar-refractivity contribution in [2.45, 2.75) is 32.2 Å². The van der Waals surface area contributed by atoms with Gasteiger partial charge in [-0.2, -0.15) is 0 Å². The molecule has 3 aromatic carbocycles. The Bertz CT molecular complexity index is 1860. The summed E-state index contributed by atoms with van der Waals surface area (Å²) in [6.07, 6.45) is 1.76. The number of amides is 1. The Balaban J connectivity index is 1.29. The summed E-state index contributed by atoms with van der Waals surface area (Å²) in [5.41, 5.74) is 3.34. The van der Waals surface area contributed by atoms with Gasteiger partial charge in [0.2, 0.25) is 11.7 Å². The summed E-state index contributed by atoms with van der Waals surface area (Å²) in [5, 5.41) is 0.658. The second-order valence-electron chi connectivity index (χ2n) is 12.6. The molecule has 1 atom stereocenters. The van der Waals surface area contributed by atoms with Gasteiger partial charge >= 0.3 is 0 Å². The molecule has 1 unspecified atom stereocenters. The molecular weight excluding hydrogens is 678 g/mol. The van der Waals surface area contributed by atoms with Crippen LogP contribution in [0, 0.1) is 0 Å². The van der Waals surface area contributed by atoms with E-state index in [9.17, 15) is 13.2 Å². The van der Waals surface area contributed by atoms with Crippen molar-refractivity contribution in [2.75, 3.05) is 84.1 Å². The lowest BCUT2D eigenvalue weighted by atomic mass is 9.94. The zero-order valence-corrected chi connectivity index (χ0v) is 31.2. The van der Waals surface area contributed by atoms with E-state index in [2.05, 4.69) is 20.4 Å². The van der Waals surface area contributed by atoms with Crippen molar-refractivity contribution in [3.8, 4) is 17.2 Å². The lowest BCUT2D eigenvalue weighted by molar-refractivity contribution is 0.0782. The Kier molecular flexibility index (Phi) is 12.5. The topological polar surface area (TPSA) is 106 Å². The number of carbonyl (C=O) groups excluding carboxylic acids is 1. The molecule has 0 saturated carbocycles. The standard InChI is InChI=1S/C37H48ClN5O6S/c1-6-50(45,46)22-21-43-32-14-8-7-13-31(32)39-37(43)42-17-10-16-41(19-20-42)18-15-28(27-11-9-12-30(38)23-27)26-40(2)36(44)29-24-33(47-3)35(49-5)34(25-29)48-4/h7-9,11-14,23-25,28H,6,10,15-22,26H2,1-5H3. The van der Waals surface area contributed by atoms with Gasteiger partial charge in [-0.3, -0.25) is 4.79 Å². The van der Waals surface area contributed by atoms with E-state index in [4.69, 9.17) is 30.8 Å². The Morgan fingerprint density at radius 2 is 1.68 bits per heavy atom. The van der Waals surface area contributed by atoms with Crippen molar-refractivity contribution in [1.82, 2.24) is 19.4 Å². The quantitative estimate of drug-likeness (QED) is 0.155. The number of para-hydroxylation sites is 2. The maximum absolute atomic E-state index is 13.7. The van der Waals surface area contributed by atoms with E-state index in [1.165, 1.54) is 21.3 Å². The fraction of sp³-hybridized carbons (Fsp3) is 0.459. The Labute approximate surface area is 300 Å². The van der Waals surface area contributed by atoms with E-state index in [1.807, 2.05) is 49.5 Å². The lowest BCUT2D eigenvalue weighted by Gasteiger charge is -2.28. The van der Waals surface area contributed by atoms with E-state index in [-0.39, 0.29) is 23.3 Å². The first-order valence-electron chi connectivity index (χ1n) is 17.0. The number of imidazole rings is 1. The molecule has 4 aromatic rings. The number of nitrogens with zero attached hydrogens (tertiary/aromatic N) is 5. The molecular formula is C37H48ClN5O6S. The molecule has 1 aliphatic rings. The highest BCUT2D eigenvalue weighted by Gasteiger charge is 2.25. The van der Waals surface area contributed by atoms with Crippen molar-refractivity contribution < 1.29 is 27.4 Å². The monoisotopic (exact) mass is 725 g/mol. The minimum Gasteiger partial charge on any atom is -0.493 e. The third-order valence-electron chi connectivity index (χ3n) is 9.44. The highest BCUT2D eigenvalue weighted by atomic mass is 35.5. The smallest absolute Gasteiger partial charge is 0.253 e.